The maximum Gasteiger partial charge on any atom is 0.226 e. The van der Waals surface area contributed by atoms with Crippen molar-refractivity contribution in [3.63, 3.8) is 0 Å². The number of aliphatic imine (C=N–C) groups is 1. The standard InChI is InChI=1S/C17H25N5O3/c1-5-24-15-11-13(8-9-14(15)23-4)21-17(18-3)19-10-6-7-16-20-12(2)22-25-16/h8-9,11H,5-7,10H2,1-4H3,(H2,18,19,21). The van der Waals surface area contributed by atoms with Crippen molar-refractivity contribution in [1.82, 2.24) is 15.5 Å². The number of hydrogen-bond acceptors (Lipinski definition) is 6. The minimum atomic E-state index is 0.571. The first kappa shape index (κ1) is 18.6. The summed E-state index contributed by atoms with van der Waals surface area (Å²) in [5, 5.41) is 10.3. The SMILES string of the molecule is CCOc1cc(NC(=NC)NCCCc2nc(C)no2)ccc1OC. The second kappa shape index (κ2) is 9.51. The quantitative estimate of drug-likeness (QED) is 0.430. The number of nitrogens with zero attached hydrogens (tertiary/aromatic N) is 3. The molecular weight excluding hydrogens is 322 g/mol. The average Bonchev–Trinajstić information content (AvgIpc) is 3.03. The van der Waals surface area contributed by atoms with Crippen LogP contribution < -0.4 is 20.1 Å². The van der Waals surface area contributed by atoms with Gasteiger partial charge in [0.1, 0.15) is 0 Å². The molecule has 2 N–H and O–H groups in total. The van der Waals surface area contributed by atoms with Crippen LogP contribution in [0.2, 0.25) is 0 Å². The molecule has 2 rings (SSSR count). The van der Waals surface area contributed by atoms with E-state index in [1.165, 1.54) is 0 Å². The van der Waals surface area contributed by atoms with Crippen molar-refractivity contribution >= 4 is 11.6 Å². The fraction of sp³-hybridized carbons (Fsp3) is 0.471. The second-order valence-electron chi connectivity index (χ2n) is 5.26. The Morgan fingerprint density at radius 2 is 2.16 bits per heavy atom. The van der Waals surface area contributed by atoms with Crippen molar-refractivity contribution in [1.29, 1.82) is 0 Å². The lowest BCUT2D eigenvalue weighted by molar-refractivity contribution is 0.311. The zero-order valence-corrected chi connectivity index (χ0v) is 15.1. The molecule has 0 amide bonds. The molecule has 0 unspecified atom stereocenters. The summed E-state index contributed by atoms with van der Waals surface area (Å²) >= 11 is 0. The molecule has 8 heteroatoms. The maximum atomic E-state index is 5.58. The number of aryl methyl sites for hydroxylation is 2. The first-order chi connectivity index (χ1) is 12.2. The predicted molar refractivity (Wildman–Crippen MR) is 96.5 cm³/mol. The maximum absolute atomic E-state index is 5.58. The van der Waals surface area contributed by atoms with E-state index in [-0.39, 0.29) is 0 Å². The van der Waals surface area contributed by atoms with Gasteiger partial charge in [0.25, 0.3) is 0 Å². The van der Waals surface area contributed by atoms with Crippen LogP contribution in [-0.2, 0) is 6.42 Å². The normalized spacial score (nSPS) is 11.3. The number of methoxy groups -OCH3 is 1. The van der Waals surface area contributed by atoms with Crippen molar-refractivity contribution < 1.29 is 14.0 Å². The van der Waals surface area contributed by atoms with Gasteiger partial charge in [-0.15, -0.1) is 0 Å². The molecule has 0 aliphatic heterocycles. The molecule has 1 heterocycles. The van der Waals surface area contributed by atoms with Crippen LogP contribution in [-0.4, -0.2) is 43.4 Å². The van der Waals surface area contributed by atoms with Gasteiger partial charge in [0, 0.05) is 31.8 Å². The summed E-state index contributed by atoms with van der Waals surface area (Å²) < 4.78 is 16.0. The Bertz CT molecular complexity index is 699. The van der Waals surface area contributed by atoms with Crippen molar-refractivity contribution in [2.45, 2.75) is 26.7 Å². The van der Waals surface area contributed by atoms with Gasteiger partial charge in [-0.3, -0.25) is 4.99 Å². The van der Waals surface area contributed by atoms with E-state index in [1.54, 1.807) is 14.2 Å². The van der Waals surface area contributed by atoms with Crippen LogP contribution in [0.25, 0.3) is 0 Å². The molecule has 1 aromatic heterocycles. The zero-order valence-electron chi connectivity index (χ0n) is 15.1. The Hall–Kier alpha value is -2.77. The van der Waals surface area contributed by atoms with Gasteiger partial charge >= 0.3 is 0 Å². The fourth-order valence-electron chi connectivity index (χ4n) is 2.23. The highest BCUT2D eigenvalue weighted by Crippen LogP contribution is 2.30. The Balaban J connectivity index is 1.85. The summed E-state index contributed by atoms with van der Waals surface area (Å²) in [4.78, 5) is 8.40. The molecule has 0 spiro atoms. The van der Waals surface area contributed by atoms with Gasteiger partial charge in [-0.25, -0.2) is 0 Å². The topological polar surface area (TPSA) is 93.8 Å². The van der Waals surface area contributed by atoms with Crippen LogP contribution >= 0.6 is 0 Å². The largest absolute Gasteiger partial charge is 0.493 e. The molecule has 0 aliphatic carbocycles. The lowest BCUT2D eigenvalue weighted by Crippen LogP contribution is -2.31. The smallest absolute Gasteiger partial charge is 0.226 e. The molecule has 0 radical (unpaired) electrons. The minimum absolute atomic E-state index is 0.571. The summed E-state index contributed by atoms with van der Waals surface area (Å²) in [6, 6.07) is 5.66. The molecular formula is C17H25N5O3. The molecule has 8 nitrogen and oxygen atoms in total. The van der Waals surface area contributed by atoms with E-state index >= 15 is 0 Å². The van der Waals surface area contributed by atoms with Gasteiger partial charge in [0.2, 0.25) is 5.89 Å². The van der Waals surface area contributed by atoms with Gasteiger partial charge < -0.3 is 24.6 Å². The lowest BCUT2D eigenvalue weighted by atomic mass is 10.2. The summed E-state index contributed by atoms with van der Waals surface area (Å²) in [7, 11) is 3.35. The molecule has 0 bridgehead atoms. The number of nitrogens with one attached hydrogen (secondary N) is 2. The van der Waals surface area contributed by atoms with Crippen molar-refractivity contribution in [3.05, 3.63) is 29.9 Å². The van der Waals surface area contributed by atoms with Gasteiger partial charge in [0.05, 0.1) is 13.7 Å². The third kappa shape index (κ3) is 5.66. The zero-order chi connectivity index (χ0) is 18.1. The molecule has 0 aliphatic rings. The molecule has 25 heavy (non-hydrogen) atoms. The van der Waals surface area contributed by atoms with E-state index in [4.69, 9.17) is 14.0 Å². The second-order valence-corrected chi connectivity index (χ2v) is 5.26. The van der Waals surface area contributed by atoms with Gasteiger partial charge in [-0.05, 0) is 32.4 Å². The molecule has 0 atom stereocenters. The highest BCUT2D eigenvalue weighted by Gasteiger charge is 2.07. The van der Waals surface area contributed by atoms with Crippen molar-refractivity contribution in [3.8, 4) is 11.5 Å². The van der Waals surface area contributed by atoms with Gasteiger partial charge in [-0.1, -0.05) is 5.16 Å². The highest BCUT2D eigenvalue weighted by atomic mass is 16.5. The van der Waals surface area contributed by atoms with Crippen LogP contribution in [0.15, 0.2) is 27.7 Å². The van der Waals surface area contributed by atoms with E-state index in [0.717, 1.165) is 25.1 Å². The highest BCUT2D eigenvalue weighted by molar-refractivity contribution is 5.93. The Labute approximate surface area is 147 Å². The molecule has 2 aromatic rings. The van der Waals surface area contributed by atoms with Crippen LogP contribution in [0.1, 0.15) is 25.1 Å². The molecule has 0 saturated carbocycles. The number of aromatic nitrogens is 2. The number of guanidine groups is 1. The third-order valence-corrected chi connectivity index (χ3v) is 3.38. The number of hydrogen-bond donors (Lipinski definition) is 2. The summed E-state index contributed by atoms with van der Waals surface area (Å²) in [6.07, 6.45) is 1.58. The van der Waals surface area contributed by atoms with Crippen molar-refractivity contribution in [2.75, 3.05) is 32.6 Å². The van der Waals surface area contributed by atoms with Gasteiger partial charge in [0.15, 0.2) is 23.3 Å². The molecule has 0 saturated heterocycles. The van der Waals surface area contributed by atoms with Crippen LogP contribution in [0.4, 0.5) is 5.69 Å². The number of anilines is 1. The molecule has 136 valence electrons. The van der Waals surface area contributed by atoms with Gasteiger partial charge in [-0.2, -0.15) is 4.98 Å². The van der Waals surface area contributed by atoms with E-state index < -0.39 is 0 Å². The molecule has 0 fully saturated rings. The third-order valence-electron chi connectivity index (χ3n) is 3.38. The number of ether oxygens (including phenoxy) is 2. The van der Waals surface area contributed by atoms with E-state index in [1.807, 2.05) is 32.0 Å². The Kier molecular flexibility index (Phi) is 7.06. The Morgan fingerprint density at radius 1 is 1.32 bits per heavy atom. The minimum Gasteiger partial charge on any atom is -0.493 e. The van der Waals surface area contributed by atoms with Crippen LogP contribution in [0, 0.1) is 6.92 Å². The first-order valence-corrected chi connectivity index (χ1v) is 8.24. The first-order valence-electron chi connectivity index (χ1n) is 8.24. The Morgan fingerprint density at radius 3 is 2.80 bits per heavy atom. The van der Waals surface area contributed by atoms with Crippen LogP contribution in [0.3, 0.4) is 0 Å². The fourth-order valence-corrected chi connectivity index (χ4v) is 2.23. The number of rotatable bonds is 8. The lowest BCUT2D eigenvalue weighted by Gasteiger charge is -2.14. The van der Waals surface area contributed by atoms with E-state index in [2.05, 4.69) is 25.8 Å². The number of benzene rings is 1. The monoisotopic (exact) mass is 347 g/mol. The van der Waals surface area contributed by atoms with E-state index in [9.17, 15) is 0 Å². The predicted octanol–water partition coefficient (Wildman–Crippen LogP) is 2.41. The average molecular weight is 347 g/mol. The molecule has 1 aromatic carbocycles. The summed E-state index contributed by atoms with van der Waals surface area (Å²) in [6.45, 7) is 5.05. The summed E-state index contributed by atoms with van der Waals surface area (Å²) in [5.74, 6) is 3.38. The van der Waals surface area contributed by atoms with E-state index in [0.29, 0.717) is 35.8 Å². The van der Waals surface area contributed by atoms with Crippen LogP contribution in [0.5, 0.6) is 11.5 Å². The van der Waals surface area contributed by atoms with Crippen molar-refractivity contribution in [2.24, 2.45) is 4.99 Å². The summed E-state index contributed by atoms with van der Waals surface area (Å²) in [5.41, 5.74) is 0.866.